The Kier molecular flexibility index (Phi) is 4.25. The molecule has 6 heteroatoms. The lowest BCUT2D eigenvalue weighted by atomic mass is 10.0. The number of aryl methyl sites for hydroxylation is 1. The maximum Gasteiger partial charge on any atom is 0.307 e. The standard InChI is InChI=1S/C13H15N3O3/c1-9-15-12(19-16-9)8-14-7-11-5-3-2-4-10(11)6-13(17)18/h2-5,14H,6-8H2,1H3,(H,17,18). The SMILES string of the molecule is Cc1noc(CNCc2ccccc2CC(=O)O)n1. The Morgan fingerprint density at radius 2 is 2.05 bits per heavy atom. The van der Waals surface area contributed by atoms with E-state index in [1.54, 1.807) is 6.92 Å². The molecular formula is C13H15N3O3. The zero-order valence-corrected chi connectivity index (χ0v) is 10.6. The summed E-state index contributed by atoms with van der Waals surface area (Å²) in [7, 11) is 0. The van der Waals surface area contributed by atoms with Gasteiger partial charge in [-0.25, -0.2) is 0 Å². The maximum absolute atomic E-state index is 10.8. The van der Waals surface area contributed by atoms with Gasteiger partial charge >= 0.3 is 5.97 Å². The van der Waals surface area contributed by atoms with Crippen LogP contribution in [0.5, 0.6) is 0 Å². The number of nitrogens with one attached hydrogen (secondary N) is 1. The summed E-state index contributed by atoms with van der Waals surface area (Å²) < 4.78 is 4.98. The molecule has 0 bridgehead atoms. The van der Waals surface area contributed by atoms with E-state index in [0.717, 1.165) is 11.1 Å². The average Bonchev–Trinajstić information content (AvgIpc) is 2.77. The lowest BCUT2D eigenvalue weighted by molar-refractivity contribution is -0.136. The van der Waals surface area contributed by atoms with Gasteiger partial charge in [0.25, 0.3) is 0 Å². The predicted octanol–water partition coefficient (Wildman–Crippen LogP) is 1.29. The van der Waals surface area contributed by atoms with Gasteiger partial charge in [-0.15, -0.1) is 0 Å². The van der Waals surface area contributed by atoms with Gasteiger partial charge in [0.1, 0.15) is 0 Å². The highest BCUT2D eigenvalue weighted by Gasteiger charge is 2.07. The zero-order valence-electron chi connectivity index (χ0n) is 10.6. The van der Waals surface area contributed by atoms with E-state index in [1.165, 1.54) is 0 Å². The first kappa shape index (κ1) is 13.2. The Morgan fingerprint density at radius 3 is 2.68 bits per heavy atom. The number of aliphatic carboxylic acids is 1. The summed E-state index contributed by atoms with van der Waals surface area (Å²) in [5, 5.41) is 15.7. The summed E-state index contributed by atoms with van der Waals surface area (Å²) in [6.45, 7) is 2.78. The normalized spacial score (nSPS) is 10.6. The number of carboxylic acid groups (broad SMARTS) is 1. The lowest BCUT2D eigenvalue weighted by Gasteiger charge is -2.07. The van der Waals surface area contributed by atoms with E-state index in [4.69, 9.17) is 9.63 Å². The molecule has 2 rings (SSSR count). The highest BCUT2D eigenvalue weighted by Crippen LogP contribution is 2.09. The molecule has 100 valence electrons. The molecule has 1 heterocycles. The van der Waals surface area contributed by atoms with Crippen LogP contribution in [0.2, 0.25) is 0 Å². The van der Waals surface area contributed by atoms with Crippen molar-refractivity contribution in [2.45, 2.75) is 26.4 Å². The molecule has 19 heavy (non-hydrogen) atoms. The quantitative estimate of drug-likeness (QED) is 0.814. The van der Waals surface area contributed by atoms with Crippen LogP contribution in [-0.2, 0) is 24.3 Å². The van der Waals surface area contributed by atoms with Gasteiger partial charge in [-0.3, -0.25) is 4.79 Å². The number of benzene rings is 1. The van der Waals surface area contributed by atoms with E-state index in [2.05, 4.69) is 15.5 Å². The van der Waals surface area contributed by atoms with Crippen LogP contribution in [0.25, 0.3) is 0 Å². The smallest absolute Gasteiger partial charge is 0.307 e. The number of hydrogen-bond donors (Lipinski definition) is 2. The summed E-state index contributed by atoms with van der Waals surface area (Å²) >= 11 is 0. The number of hydrogen-bond acceptors (Lipinski definition) is 5. The fraction of sp³-hybridized carbons (Fsp3) is 0.308. The minimum Gasteiger partial charge on any atom is -0.481 e. The summed E-state index contributed by atoms with van der Waals surface area (Å²) in [4.78, 5) is 14.8. The molecule has 0 fully saturated rings. The minimum absolute atomic E-state index is 0.0253. The second-order valence-electron chi connectivity index (χ2n) is 4.18. The number of aromatic nitrogens is 2. The molecule has 0 radical (unpaired) electrons. The van der Waals surface area contributed by atoms with E-state index in [-0.39, 0.29) is 6.42 Å². The third-order valence-electron chi connectivity index (χ3n) is 2.62. The van der Waals surface area contributed by atoms with Crippen LogP contribution >= 0.6 is 0 Å². The predicted molar refractivity (Wildman–Crippen MR) is 67.4 cm³/mol. The second kappa shape index (κ2) is 6.10. The van der Waals surface area contributed by atoms with Crippen LogP contribution in [0.4, 0.5) is 0 Å². The molecule has 0 spiro atoms. The molecule has 1 aromatic heterocycles. The van der Waals surface area contributed by atoms with Crippen LogP contribution in [-0.4, -0.2) is 21.2 Å². The molecule has 6 nitrogen and oxygen atoms in total. The Morgan fingerprint density at radius 1 is 1.32 bits per heavy atom. The van der Waals surface area contributed by atoms with Crippen LogP contribution in [0.15, 0.2) is 28.8 Å². The van der Waals surface area contributed by atoms with Crippen molar-refractivity contribution in [2.24, 2.45) is 0 Å². The first-order valence-corrected chi connectivity index (χ1v) is 5.93. The highest BCUT2D eigenvalue weighted by atomic mass is 16.5. The Hall–Kier alpha value is -2.21. The third kappa shape index (κ3) is 3.89. The average molecular weight is 261 g/mol. The van der Waals surface area contributed by atoms with Crippen molar-refractivity contribution in [2.75, 3.05) is 0 Å². The highest BCUT2D eigenvalue weighted by molar-refractivity contribution is 5.70. The first-order valence-electron chi connectivity index (χ1n) is 5.93. The third-order valence-corrected chi connectivity index (χ3v) is 2.62. The van der Waals surface area contributed by atoms with Gasteiger partial charge in [0.05, 0.1) is 13.0 Å². The molecule has 2 N–H and O–H groups in total. The molecule has 0 amide bonds. The van der Waals surface area contributed by atoms with Gasteiger partial charge in [-0.05, 0) is 18.1 Å². The summed E-state index contributed by atoms with van der Waals surface area (Å²) in [6, 6.07) is 7.45. The van der Waals surface area contributed by atoms with Crippen molar-refractivity contribution in [3.05, 3.63) is 47.1 Å². The van der Waals surface area contributed by atoms with Crippen molar-refractivity contribution >= 4 is 5.97 Å². The molecule has 0 aliphatic rings. The van der Waals surface area contributed by atoms with E-state index in [1.807, 2.05) is 24.3 Å². The monoisotopic (exact) mass is 261 g/mol. The molecule has 2 aromatic rings. The van der Waals surface area contributed by atoms with Crippen LogP contribution in [0, 0.1) is 6.92 Å². The van der Waals surface area contributed by atoms with Gasteiger partial charge in [-0.2, -0.15) is 4.98 Å². The van der Waals surface area contributed by atoms with E-state index < -0.39 is 5.97 Å². The summed E-state index contributed by atoms with van der Waals surface area (Å²) in [5.74, 6) is 0.288. The zero-order chi connectivity index (χ0) is 13.7. The van der Waals surface area contributed by atoms with Crippen LogP contribution in [0.3, 0.4) is 0 Å². The Balaban J connectivity index is 1.93. The number of nitrogens with zero attached hydrogens (tertiary/aromatic N) is 2. The topological polar surface area (TPSA) is 88.2 Å². The van der Waals surface area contributed by atoms with Crippen molar-refractivity contribution in [3.8, 4) is 0 Å². The van der Waals surface area contributed by atoms with Crippen molar-refractivity contribution in [1.82, 2.24) is 15.5 Å². The maximum atomic E-state index is 10.8. The van der Waals surface area contributed by atoms with Crippen LogP contribution in [0.1, 0.15) is 22.8 Å². The fourth-order valence-corrected chi connectivity index (χ4v) is 1.78. The largest absolute Gasteiger partial charge is 0.481 e. The molecule has 0 saturated heterocycles. The molecule has 0 aliphatic carbocycles. The number of carboxylic acids is 1. The number of rotatable bonds is 6. The molecular weight excluding hydrogens is 246 g/mol. The van der Waals surface area contributed by atoms with E-state index >= 15 is 0 Å². The minimum atomic E-state index is -0.833. The lowest BCUT2D eigenvalue weighted by Crippen LogP contribution is -2.15. The van der Waals surface area contributed by atoms with Crippen LogP contribution < -0.4 is 5.32 Å². The first-order chi connectivity index (χ1) is 9.15. The van der Waals surface area contributed by atoms with E-state index in [0.29, 0.717) is 24.8 Å². The van der Waals surface area contributed by atoms with Crippen molar-refractivity contribution < 1.29 is 14.4 Å². The van der Waals surface area contributed by atoms with E-state index in [9.17, 15) is 4.79 Å². The Bertz CT molecular complexity index is 566. The molecule has 0 saturated carbocycles. The van der Waals surface area contributed by atoms with Gasteiger partial charge < -0.3 is 14.9 Å². The molecule has 0 unspecified atom stereocenters. The van der Waals surface area contributed by atoms with Gasteiger partial charge in [0.15, 0.2) is 5.82 Å². The van der Waals surface area contributed by atoms with Crippen molar-refractivity contribution in [3.63, 3.8) is 0 Å². The van der Waals surface area contributed by atoms with Gasteiger partial charge in [-0.1, -0.05) is 29.4 Å². The second-order valence-corrected chi connectivity index (χ2v) is 4.18. The molecule has 1 aromatic carbocycles. The Labute approximate surface area is 110 Å². The molecule has 0 aliphatic heterocycles. The summed E-state index contributed by atoms with van der Waals surface area (Å²) in [5.41, 5.74) is 1.77. The summed E-state index contributed by atoms with van der Waals surface area (Å²) in [6.07, 6.45) is 0.0253. The molecule has 0 atom stereocenters. The van der Waals surface area contributed by atoms with Gasteiger partial charge in [0, 0.05) is 6.54 Å². The van der Waals surface area contributed by atoms with Crippen molar-refractivity contribution in [1.29, 1.82) is 0 Å². The van der Waals surface area contributed by atoms with Gasteiger partial charge in [0.2, 0.25) is 5.89 Å². The fourth-order valence-electron chi connectivity index (χ4n) is 1.78. The number of carbonyl (C=O) groups is 1.